The molecule has 0 spiro atoms. The third-order valence-corrected chi connectivity index (χ3v) is 5.26. The van der Waals surface area contributed by atoms with Gasteiger partial charge in [0.2, 0.25) is 0 Å². The van der Waals surface area contributed by atoms with Crippen LogP contribution in [0.25, 0.3) is 16.6 Å². The lowest BCUT2D eigenvalue weighted by atomic mass is 9.94. The summed E-state index contributed by atoms with van der Waals surface area (Å²) in [5.41, 5.74) is 13.6. The molecule has 3 heterocycles. The van der Waals surface area contributed by atoms with Crippen molar-refractivity contribution in [2.75, 3.05) is 0 Å². The van der Waals surface area contributed by atoms with Crippen LogP contribution in [0.3, 0.4) is 0 Å². The van der Waals surface area contributed by atoms with E-state index >= 15 is 0 Å². The van der Waals surface area contributed by atoms with E-state index in [2.05, 4.69) is 24.2 Å². The summed E-state index contributed by atoms with van der Waals surface area (Å²) in [5.74, 6) is -0.496. The summed E-state index contributed by atoms with van der Waals surface area (Å²) in [6, 6.07) is 18.2. The van der Waals surface area contributed by atoms with E-state index in [-0.39, 0.29) is 0 Å². The van der Waals surface area contributed by atoms with Gasteiger partial charge in [-0.1, -0.05) is 49.4 Å². The molecule has 0 aliphatic carbocycles. The van der Waals surface area contributed by atoms with Crippen molar-refractivity contribution < 1.29 is 4.79 Å². The fraction of sp³-hybridized carbons (Fsp3) is 0.0870. The molecule has 5 heteroatoms. The molecule has 28 heavy (non-hydrogen) atoms. The van der Waals surface area contributed by atoms with Crippen LogP contribution in [0.5, 0.6) is 0 Å². The standard InChI is InChI=1S/C23H18N4O/c1-2-14-7-3-4-8-15(14)21-17-11-12-27-22(17)20(18(13-25-27)23(24)28)16-9-5-6-10-19(16)26-21/h3-13H,2H2,1H3,(H2,24,28). The molecule has 0 radical (unpaired) electrons. The van der Waals surface area contributed by atoms with Crippen molar-refractivity contribution in [3.8, 4) is 11.1 Å². The number of carbonyl (C=O) groups excluding carboxylic acids is 1. The van der Waals surface area contributed by atoms with Crippen molar-refractivity contribution in [3.05, 3.63) is 89.2 Å². The second-order valence-corrected chi connectivity index (χ2v) is 6.81. The highest BCUT2D eigenvalue weighted by molar-refractivity contribution is 6.23. The number of rotatable bonds is 3. The number of amides is 1. The Kier molecular flexibility index (Phi) is 3.62. The number of aromatic nitrogens is 2. The lowest BCUT2D eigenvalue weighted by Crippen LogP contribution is -2.14. The van der Waals surface area contributed by atoms with Crippen molar-refractivity contribution in [1.29, 1.82) is 0 Å². The molecule has 0 fully saturated rings. The number of nitrogens with zero attached hydrogens (tertiary/aromatic N) is 3. The molecule has 1 aliphatic heterocycles. The predicted molar refractivity (Wildman–Crippen MR) is 110 cm³/mol. The molecule has 0 atom stereocenters. The Balaban J connectivity index is 1.96. The number of carbonyl (C=O) groups is 1. The second kappa shape index (κ2) is 6.16. The van der Waals surface area contributed by atoms with Crippen LogP contribution in [-0.4, -0.2) is 21.2 Å². The van der Waals surface area contributed by atoms with Crippen molar-refractivity contribution in [2.24, 2.45) is 10.7 Å². The third kappa shape index (κ3) is 2.29. The number of hydrogen-bond acceptors (Lipinski definition) is 3. The summed E-state index contributed by atoms with van der Waals surface area (Å²) in [7, 11) is 0. The molecule has 0 saturated heterocycles. The minimum absolute atomic E-state index is 0.403. The van der Waals surface area contributed by atoms with Gasteiger partial charge in [0.1, 0.15) is 0 Å². The fourth-order valence-electron chi connectivity index (χ4n) is 3.96. The smallest absolute Gasteiger partial charge is 0.251 e. The van der Waals surface area contributed by atoms with Crippen LogP contribution in [-0.2, 0) is 6.42 Å². The van der Waals surface area contributed by atoms with Gasteiger partial charge in [0.05, 0.1) is 28.7 Å². The van der Waals surface area contributed by atoms with Crippen LogP contribution in [0.2, 0.25) is 0 Å². The van der Waals surface area contributed by atoms with E-state index in [1.54, 1.807) is 4.52 Å². The number of aliphatic imine (C=N–C) groups is 1. The first-order valence-corrected chi connectivity index (χ1v) is 9.26. The third-order valence-electron chi connectivity index (χ3n) is 5.26. The lowest BCUT2D eigenvalue weighted by Gasteiger charge is -2.11. The molecule has 5 nitrogen and oxygen atoms in total. The van der Waals surface area contributed by atoms with Crippen molar-refractivity contribution >= 4 is 22.8 Å². The molecule has 2 aromatic carbocycles. The van der Waals surface area contributed by atoms with E-state index in [9.17, 15) is 4.79 Å². The van der Waals surface area contributed by atoms with E-state index in [0.717, 1.165) is 45.6 Å². The number of benzene rings is 2. The van der Waals surface area contributed by atoms with Crippen LogP contribution in [0.1, 0.15) is 34.0 Å². The fourth-order valence-corrected chi connectivity index (χ4v) is 3.96. The zero-order valence-electron chi connectivity index (χ0n) is 15.4. The monoisotopic (exact) mass is 366 g/mol. The number of fused-ring (bicyclic) bond motifs is 2. The maximum absolute atomic E-state index is 12.2. The Labute approximate surface area is 162 Å². The Bertz CT molecular complexity index is 1280. The maximum Gasteiger partial charge on any atom is 0.251 e. The molecule has 1 amide bonds. The first kappa shape index (κ1) is 16.4. The summed E-state index contributed by atoms with van der Waals surface area (Å²) in [6.07, 6.45) is 4.34. The molecule has 1 aliphatic rings. The Hall–Kier alpha value is -3.73. The summed E-state index contributed by atoms with van der Waals surface area (Å²) >= 11 is 0. The highest BCUT2D eigenvalue weighted by Gasteiger charge is 2.26. The summed E-state index contributed by atoms with van der Waals surface area (Å²) in [4.78, 5) is 17.2. The first-order chi connectivity index (χ1) is 13.7. The van der Waals surface area contributed by atoms with Gasteiger partial charge < -0.3 is 5.73 Å². The molecule has 0 bridgehead atoms. The largest absolute Gasteiger partial charge is 0.366 e. The topological polar surface area (TPSA) is 72.8 Å². The zero-order chi connectivity index (χ0) is 19.3. The van der Waals surface area contributed by atoms with Gasteiger partial charge in [-0.05, 0) is 24.1 Å². The van der Waals surface area contributed by atoms with Gasteiger partial charge in [0.15, 0.2) is 0 Å². The molecule has 4 aromatic rings. The Morgan fingerprint density at radius 2 is 1.75 bits per heavy atom. The van der Waals surface area contributed by atoms with E-state index in [4.69, 9.17) is 10.7 Å². The van der Waals surface area contributed by atoms with Gasteiger partial charge in [-0.15, -0.1) is 0 Å². The minimum Gasteiger partial charge on any atom is -0.366 e. The van der Waals surface area contributed by atoms with Crippen molar-refractivity contribution in [1.82, 2.24) is 9.61 Å². The van der Waals surface area contributed by atoms with Crippen LogP contribution in [0.4, 0.5) is 5.69 Å². The number of aryl methyl sites for hydroxylation is 1. The molecule has 2 aromatic heterocycles. The molecule has 2 N–H and O–H groups in total. The van der Waals surface area contributed by atoms with Gasteiger partial charge in [-0.3, -0.25) is 4.79 Å². The van der Waals surface area contributed by atoms with E-state index in [1.165, 1.54) is 11.8 Å². The normalized spacial score (nSPS) is 12.4. The molecular weight excluding hydrogens is 348 g/mol. The summed E-state index contributed by atoms with van der Waals surface area (Å²) in [6.45, 7) is 2.14. The van der Waals surface area contributed by atoms with Crippen molar-refractivity contribution in [2.45, 2.75) is 13.3 Å². The quantitative estimate of drug-likeness (QED) is 0.521. The molecule has 5 rings (SSSR count). The maximum atomic E-state index is 12.2. The summed E-state index contributed by atoms with van der Waals surface area (Å²) in [5, 5.41) is 4.41. The summed E-state index contributed by atoms with van der Waals surface area (Å²) < 4.78 is 1.79. The zero-order valence-corrected chi connectivity index (χ0v) is 15.4. The Morgan fingerprint density at radius 3 is 2.54 bits per heavy atom. The SMILES string of the molecule is CCc1ccccc1C1=Nc2ccccc2-c2c(C(N)=O)cnn3ccc1c23. The highest BCUT2D eigenvalue weighted by atomic mass is 16.1. The molecule has 0 saturated carbocycles. The molecular formula is C23H18N4O. The van der Waals surface area contributed by atoms with Crippen LogP contribution < -0.4 is 5.73 Å². The number of hydrogen-bond donors (Lipinski definition) is 1. The highest BCUT2D eigenvalue weighted by Crippen LogP contribution is 2.41. The molecule has 0 unspecified atom stereocenters. The average molecular weight is 366 g/mol. The van der Waals surface area contributed by atoms with Gasteiger partial charge >= 0.3 is 0 Å². The van der Waals surface area contributed by atoms with Gasteiger partial charge in [0, 0.05) is 28.5 Å². The van der Waals surface area contributed by atoms with Crippen LogP contribution >= 0.6 is 0 Å². The first-order valence-electron chi connectivity index (χ1n) is 9.26. The van der Waals surface area contributed by atoms with Gasteiger partial charge in [-0.2, -0.15) is 5.10 Å². The number of nitrogens with two attached hydrogens (primary N) is 1. The van der Waals surface area contributed by atoms with Crippen LogP contribution in [0, 0.1) is 0 Å². The average Bonchev–Trinajstić information content (AvgIpc) is 3.09. The molecule has 136 valence electrons. The van der Waals surface area contributed by atoms with E-state index in [0.29, 0.717) is 5.56 Å². The van der Waals surface area contributed by atoms with Gasteiger partial charge in [-0.25, -0.2) is 9.51 Å². The number of para-hydroxylation sites is 1. The second-order valence-electron chi connectivity index (χ2n) is 6.81. The Morgan fingerprint density at radius 1 is 1.00 bits per heavy atom. The lowest BCUT2D eigenvalue weighted by molar-refractivity contribution is 0.100. The predicted octanol–water partition coefficient (Wildman–Crippen LogP) is 4.15. The van der Waals surface area contributed by atoms with E-state index < -0.39 is 5.91 Å². The number of primary amides is 1. The van der Waals surface area contributed by atoms with Crippen molar-refractivity contribution in [3.63, 3.8) is 0 Å². The van der Waals surface area contributed by atoms with E-state index in [1.807, 2.05) is 48.7 Å². The van der Waals surface area contributed by atoms with Gasteiger partial charge in [0.25, 0.3) is 5.91 Å². The minimum atomic E-state index is -0.496. The van der Waals surface area contributed by atoms with Crippen LogP contribution in [0.15, 0.2) is 72.0 Å².